The fourth-order valence-electron chi connectivity index (χ4n) is 3.39. The second-order valence-corrected chi connectivity index (χ2v) is 9.39. The Labute approximate surface area is 168 Å². The van der Waals surface area contributed by atoms with E-state index in [1.54, 1.807) is 0 Å². The summed E-state index contributed by atoms with van der Waals surface area (Å²) in [5.74, 6) is -1.46. The highest BCUT2D eigenvalue weighted by Gasteiger charge is 2.29. The Morgan fingerprint density at radius 1 is 0.931 bits per heavy atom. The van der Waals surface area contributed by atoms with E-state index in [-0.39, 0.29) is 42.7 Å². The van der Waals surface area contributed by atoms with Crippen LogP contribution in [0.5, 0.6) is 0 Å². The lowest BCUT2D eigenvalue weighted by molar-refractivity contribution is -0.130. The number of hydrogen-bond acceptors (Lipinski definition) is 5. The molecule has 2 aromatic carbocycles. The first-order chi connectivity index (χ1) is 13.8. The van der Waals surface area contributed by atoms with Gasteiger partial charge in [-0.3, -0.25) is 25.2 Å². The van der Waals surface area contributed by atoms with E-state index in [9.17, 15) is 22.8 Å². The van der Waals surface area contributed by atoms with E-state index in [1.165, 1.54) is 0 Å². The molecule has 1 aliphatic heterocycles. The van der Waals surface area contributed by atoms with Gasteiger partial charge in [-0.15, -0.1) is 0 Å². The first-order valence-electron chi connectivity index (χ1n) is 9.34. The van der Waals surface area contributed by atoms with Crippen molar-refractivity contribution < 1.29 is 22.8 Å². The highest BCUT2D eigenvalue weighted by Crippen LogP contribution is 2.21. The van der Waals surface area contributed by atoms with E-state index in [1.807, 2.05) is 42.5 Å². The number of carbonyl (C=O) groups excluding carboxylic acids is 3. The number of amides is 3. The van der Waals surface area contributed by atoms with Gasteiger partial charge in [0.15, 0.2) is 9.84 Å². The smallest absolute Gasteiger partial charge is 0.257 e. The maximum Gasteiger partial charge on any atom is 0.257 e. The molecule has 0 saturated carbocycles. The Hall–Kier alpha value is -2.94. The van der Waals surface area contributed by atoms with Crippen LogP contribution in [0.4, 0.5) is 0 Å². The van der Waals surface area contributed by atoms with Crippen molar-refractivity contribution in [2.24, 2.45) is 5.92 Å². The number of fused-ring (bicyclic) bond motifs is 1. The van der Waals surface area contributed by atoms with Crippen LogP contribution in [0.25, 0.3) is 10.8 Å². The first-order valence-corrected chi connectivity index (χ1v) is 11.2. The molecule has 1 heterocycles. The van der Waals surface area contributed by atoms with Crippen LogP contribution in [-0.4, -0.2) is 44.2 Å². The van der Waals surface area contributed by atoms with Gasteiger partial charge in [-0.1, -0.05) is 42.5 Å². The molecule has 9 heteroatoms. The fourth-order valence-corrected chi connectivity index (χ4v) is 5.25. The van der Waals surface area contributed by atoms with Crippen LogP contribution in [0, 0.1) is 5.92 Å². The van der Waals surface area contributed by atoms with Crippen molar-refractivity contribution in [1.82, 2.24) is 16.2 Å². The third-order valence-electron chi connectivity index (χ3n) is 4.82. The van der Waals surface area contributed by atoms with Gasteiger partial charge < -0.3 is 5.32 Å². The monoisotopic (exact) mass is 417 g/mol. The Kier molecular flexibility index (Phi) is 6.48. The number of benzene rings is 2. The predicted octanol–water partition coefficient (Wildman–Crippen LogP) is 0.471. The van der Waals surface area contributed by atoms with E-state index in [4.69, 9.17) is 0 Å². The first kappa shape index (κ1) is 20.8. The molecule has 3 amide bonds. The van der Waals surface area contributed by atoms with Crippen LogP contribution in [0.3, 0.4) is 0 Å². The van der Waals surface area contributed by atoms with Gasteiger partial charge in [-0.25, -0.2) is 8.42 Å². The molecule has 1 atom stereocenters. The predicted molar refractivity (Wildman–Crippen MR) is 108 cm³/mol. The molecular formula is C20H23N3O5S. The van der Waals surface area contributed by atoms with E-state index >= 15 is 0 Å². The average molecular weight is 417 g/mol. The van der Waals surface area contributed by atoms with Crippen molar-refractivity contribution in [3.63, 3.8) is 0 Å². The molecule has 0 radical (unpaired) electrons. The van der Waals surface area contributed by atoms with Gasteiger partial charge in [0.25, 0.3) is 5.91 Å². The summed E-state index contributed by atoms with van der Waals surface area (Å²) in [6, 6.07) is 13.4. The van der Waals surface area contributed by atoms with Crippen LogP contribution in [-0.2, 0) is 30.6 Å². The van der Waals surface area contributed by atoms with Crippen molar-refractivity contribution in [2.75, 3.05) is 18.1 Å². The van der Waals surface area contributed by atoms with Crippen molar-refractivity contribution in [2.45, 2.75) is 19.3 Å². The summed E-state index contributed by atoms with van der Waals surface area (Å²) in [5, 5.41) is 4.54. The van der Waals surface area contributed by atoms with E-state index < -0.39 is 21.7 Å². The zero-order chi connectivity index (χ0) is 20.9. The van der Waals surface area contributed by atoms with Crippen molar-refractivity contribution >= 4 is 38.3 Å². The molecule has 1 saturated heterocycles. The fraction of sp³-hybridized carbons (Fsp3) is 0.350. The summed E-state index contributed by atoms with van der Waals surface area (Å²) in [4.78, 5) is 35.8. The van der Waals surface area contributed by atoms with Crippen LogP contribution in [0.2, 0.25) is 0 Å². The maximum absolute atomic E-state index is 12.2. The standard InChI is InChI=1S/C20H23N3O5S/c24-18(11-16-6-3-5-15-4-1-2-7-17(15)16)21-12-20(26)23-22-19(25)10-14-8-9-29(27,28)13-14/h1-7,14H,8-13H2,(H,21,24)(H,22,25)(H,23,26)/t14-/m0/s1. The molecule has 0 aromatic heterocycles. The molecule has 3 rings (SSSR count). The second kappa shape index (κ2) is 9.04. The van der Waals surface area contributed by atoms with Gasteiger partial charge in [0.05, 0.1) is 24.5 Å². The molecule has 0 bridgehead atoms. The molecule has 0 spiro atoms. The quantitative estimate of drug-likeness (QED) is 0.590. The summed E-state index contributed by atoms with van der Waals surface area (Å²) in [7, 11) is -3.05. The summed E-state index contributed by atoms with van der Waals surface area (Å²) >= 11 is 0. The summed E-state index contributed by atoms with van der Waals surface area (Å²) in [5.41, 5.74) is 5.33. The molecule has 1 aliphatic rings. The van der Waals surface area contributed by atoms with Crippen LogP contribution < -0.4 is 16.2 Å². The summed E-state index contributed by atoms with van der Waals surface area (Å²) in [6.45, 7) is -0.276. The molecular weight excluding hydrogens is 394 g/mol. The molecule has 8 nitrogen and oxygen atoms in total. The van der Waals surface area contributed by atoms with E-state index in [2.05, 4.69) is 16.2 Å². The molecule has 0 unspecified atom stereocenters. The minimum absolute atomic E-state index is 0.00140. The molecule has 2 aromatic rings. The van der Waals surface area contributed by atoms with Gasteiger partial charge in [0.2, 0.25) is 11.8 Å². The number of sulfone groups is 1. The van der Waals surface area contributed by atoms with Gasteiger partial charge >= 0.3 is 0 Å². The summed E-state index contributed by atoms with van der Waals surface area (Å²) in [6.07, 6.45) is 0.623. The Bertz CT molecular complexity index is 1030. The van der Waals surface area contributed by atoms with Crippen molar-refractivity contribution in [3.05, 3.63) is 48.0 Å². The van der Waals surface area contributed by atoms with Crippen LogP contribution in [0.15, 0.2) is 42.5 Å². The van der Waals surface area contributed by atoms with Gasteiger partial charge in [0.1, 0.15) is 0 Å². The molecule has 29 heavy (non-hydrogen) atoms. The number of carbonyl (C=O) groups is 3. The Morgan fingerprint density at radius 2 is 1.66 bits per heavy atom. The number of hydrazine groups is 1. The lowest BCUT2D eigenvalue weighted by atomic mass is 10.0. The minimum atomic E-state index is -3.05. The van der Waals surface area contributed by atoms with Gasteiger partial charge in [-0.2, -0.15) is 0 Å². The summed E-state index contributed by atoms with van der Waals surface area (Å²) < 4.78 is 22.8. The van der Waals surface area contributed by atoms with E-state index in [0.717, 1.165) is 16.3 Å². The number of hydrogen-bond donors (Lipinski definition) is 3. The largest absolute Gasteiger partial charge is 0.347 e. The zero-order valence-electron chi connectivity index (χ0n) is 15.8. The third kappa shape index (κ3) is 6.02. The van der Waals surface area contributed by atoms with Crippen molar-refractivity contribution in [3.8, 4) is 0 Å². The SMILES string of the molecule is O=C(Cc1cccc2ccccc12)NCC(=O)NNC(=O)C[C@@H]1CCS(=O)(=O)C1. The Balaban J connectivity index is 1.40. The molecule has 0 aliphatic carbocycles. The van der Waals surface area contributed by atoms with Gasteiger partial charge in [-0.05, 0) is 28.7 Å². The zero-order valence-corrected chi connectivity index (χ0v) is 16.6. The maximum atomic E-state index is 12.2. The average Bonchev–Trinajstić information content (AvgIpc) is 3.03. The normalized spacial score (nSPS) is 17.6. The molecule has 1 fully saturated rings. The van der Waals surface area contributed by atoms with Gasteiger partial charge in [0, 0.05) is 6.42 Å². The highest BCUT2D eigenvalue weighted by atomic mass is 32.2. The minimum Gasteiger partial charge on any atom is -0.347 e. The van der Waals surface area contributed by atoms with Crippen LogP contribution in [0.1, 0.15) is 18.4 Å². The highest BCUT2D eigenvalue weighted by molar-refractivity contribution is 7.91. The lowest BCUT2D eigenvalue weighted by Crippen LogP contribution is -2.46. The molecule has 154 valence electrons. The number of nitrogens with one attached hydrogen (secondary N) is 3. The lowest BCUT2D eigenvalue weighted by Gasteiger charge is -2.11. The number of rotatable bonds is 6. The van der Waals surface area contributed by atoms with Crippen LogP contribution >= 0.6 is 0 Å². The topological polar surface area (TPSA) is 121 Å². The van der Waals surface area contributed by atoms with Crippen molar-refractivity contribution in [1.29, 1.82) is 0 Å². The third-order valence-corrected chi connectivity index (χ3v) is 6.66. The second-order valence-electron chi connectivity index (χ2n) is 7.16. The Morgan fingerprint density at radius 3 is 2.41 bits per heavy atom. The van der Waals surface area contributed by atoms with E-state index in [0.29, 0.717) is 6.42 Å². The molecule has 3 N–H and O–H groups in total.